The van der Waals surface area contributed by atoms with Gasteiger partial charge in [0.2, 0.25) is 11.8 Å². The zero-order valence-corrected chi connectivity index (χ0v) is 34.3. The largest absolute Gasteiger partial charge is 0.453 e. The first kappa shape index (κ1) is 40.7. The molecular weight excluding hydrogens is 772 g/mol. The molecule has 16 heteroatoms. The first-order valence-electron chi connectivity index (χ1n) is 20.7. The third kappa shape index (κ3) is 7.99. The maximum absolute atomic E-state index is 16.0. The second-order valence-electron chi connectivity index (χ2n) is 16.2. The lowest BCUT2D eigenvalue weighted by Crippen LogP contribution is -2.53. The third-order valence-corrected chi connectivity index (χ3v) is 12.2. The molecule has 2 aromatic heterocycles. The van der Waals surface area contributed by atoms with Crippen LogP contribution < -0.4 is 10.6 Å². The van der Waals surface area contributed by atoms with Crippen molar-refractivity contribution >= 4 is 45.8 Å². The van der Waals surface area contributed by atoms with Crippen molar-refractivity contribution in [1.82, 2.24) is 40.4 Å². The zero-order chi connectivity index (χ0) is 42.1. The fourth-order valence-electron chi connectivity index (χ4n) is 9.02. The van der Waals surface area contributed by atoms with Gasteiger partial charge >= 0.3 is 12.2 Å². The molecule has 15 nitrogen and oxygen atoms in total. The molecule has 0 radical (unpaired) electrons. The Hall–Kier alpha value is -6.03. The quantitative estimate of drug-likeness (QED) is 0.118. The monoisotopic (exact) mass is 822 g/mol. The molecule has 4 atom stereocenters. The highest BCUT2D eigenvalue weighted by Gasteiger charge is 2.41. The molecule has 316 valence electrons. The van der Waals surface area contributed by atoms with Crippen molar-refractivity contribution in [2.24, 2.45) is 11.8 Å². The first-order chi connectivity index (χ1) is 29.0. The predicted octanol–water partition coefficient (Wildman–Crippen LogP) is 6.77. The minimum atomic E-state index is -0.738. The van der Waals surface area contributed by atoms with Gasteiger partial charge in [0, 0.05) is 42.8 Å². The molecule has 0 aliphatic carbocycles. The minimum Gasteiger partial charge on any atom is -0.453 e. The summed E-state index contributed by atoms with van der Waals surface area (Å²) in [6.45, 7) is 5.91. The Morgan fingerprint density at radius 3 is 2.20 bits per heavy atom. The molecule has 60 heavy (non-hydrogen) atoms. The summed E-state index contributed by atoms with van der Waals surface area (Å²) in [6, 6.07) is 12.7. The number of halogens is 1. The van der Waals surface area contributed by atoms with Crippen molar-refractivity contribution in [3.63, 3.8) is 0 Å². The predicted molar refractivity (Wildman–Crippen MR) is 221 cm³/mol. The van der Waals surface area contributed by atoms with Gasteiger partial charge < -0.3 is 44.6 Å². The van der Waals surface area contributed by atoms with Crippen LogP contribution in [0.4, 0.5) is 14.0 Å². The van der Waals surface area contributed by atoms with E-state index >= 15 is 4.39 Å². The number of rotatable bonds is 10. The number of alkyl carbamates (subject to hydrolysis) is 2. The molecule has 5 heterocycles. The van der Waals surface area contributed by atoms with E-state index in [0.29, 0.717) is 79.6 Å². The van der Waals surface area contributed by atoms with Crippen LogP contribution in [0.25, 0.3) is 44.2 Å². The molecule has 3 aromatic carbocycles. The Bertz CT molecular complexity index is 2410. The van der Waals surface area contributed by atoms with Gasteiger partial charge in [-0.15, -0.1) is 0 Å². The standard InChI is InChI=1S/C44H51FN8O7/c1-24(2)36(50-43(56)58-3)41(54)53-18-6-8-35(53)40-47-32-14-11-27-21-26(9-13-30(27)38(32)49-40)29-12-10-28(22-31(29)45)33-23-46-39(48-33)34-7-5-17-52(34)42(55)37(51-44(57)59-4)25-15-19-60-20-16-25/h9-14,21-25,34-37H,5-8,15-20H2,1-4H3,(H,46,48)(H,47,49)(H,50,56)(H,51,57)/t34-,35-,36-,37-/m0/s1. The zero-order valence-electron chi connectivity index (χ0n) is 34.3. The van der Waals surface area contributed by atoms with Crippen molar-refractivity contribution in [2.45, 2.75) is 76.5 Å². The van der Waals surface area contributed by atoms with Crippen LogP contribution in [0.1, 0.15) is 76.1 Å². The van der Waals surface area contributed by atoms with E-state index < -0.39 is 30.1 Å². The van der Waals surface area contributed by atoms with E-state index in [9.17, 15) is 19.2 Å². The number of benzene rings is 3. The lowest BCUT2D eigenvalue weighted by atomic mass is 9.90. The molecule has 3 aliphatic heterocycles. The summed E-state index contributed by atoms with van der Waals surface area (Å²) in [7, 11) is 2.56. The summed E-state index contributed by atoms with van der Waals surface area (Å²) in [5.74, 6) is 0.324. The number of aromatic nitrogens is 4. The van der Waals surface area contributed by atoms with E-state index in [2.05, 4.69) is 25.6 Å². The molecular formula is C44H51FN8O7. The average Bonchev–Trinajstić information content (AvgIpc) is 4.10. The number of aromatic amines is 2. The molecule has 3 aliphatic rings. The Balaban J connectivity index is 0.994. The summed E-state index contributed by atoms with van der Waals surface area (Å²) in [5, 5.41) is 7.25. The van der Waals surface area contributed by atoms with Crippen LogP contribution in [0.15, 0.2) is 54.7 Å². The number of hydrogen-bond donors (Lipinski definition) is 4. The summed E-state index contributed by atoms with van der Waals surface area (Å²) < 4.78 is 31.1. The van der Waals surface area contributed by atoms with Crippen molar-refractivity contribution in [3.8, 4) is 22.4 Å². The summed E-state index contributed by atoms with van der Waals surface area (Å²) in [5.41, 5.74) is 3.97. The molecule has 0 unspecified atom stereocenters. The van der Waals surface area contributed by atoms with Crippen molar-refractivity contribution in [2.75, 3.05) is 40.5 Å². The average molecular weight is 823 g/mol. The molecule has 3 saturated heterocycles. The highest BCUT2D eigenvalue weighted by molar-refractivity contribution is 6.05. The van der Waals surface area contributed by atoms with Crippen LogP contribution in [0.5, 0.6) is 0 Å². The maximum Gasteiger partial charge on any atom is 0.407 e. The number of methoxy groups -OCH3 is 2. The van der Waals surface area contributed by atoms with Gasteiger partial charge in [-0.2, -0.15) is 0 Å². The first-order valence-corrected chi connectivity index (χ1v) is 20.7. The number of amides is 4. The Morgan fingerprint density at radius 1 is 0.817 bits per heavy atom. The van der Waals surface area contributed by atoms with Crippen molar-refractivity contribution in [1.29, 1.82) is 0 Å². The second kappa shape index (κ2) is 17.3. The van der Waals surface area contributed by atoms with E-state index in [1.807, 2.05) is 50.2 Å². The molecule has 4 amide bonds. The number of nitrogens with one attached hydrogen (secondary N) is 4. The molecule has 4 N–H and O–H groups in total. The lowest BCUT2D eigenvalue weighted by Gasteiger charge is -2.34. The van der Waals surface area contributed by atoms with E-state index in [0.717, 1.165) is 41.1 Å². The number of H-pyrrole nitrogens is 2. The van der Waals surface area contributed by atoms with E-state index in [-0.39, 0.29) is 35.7 Å². The van der Waals surface area contributed by atoms with Crippen LogP contribution in [0.2, 0.25) is 0 Å². The molecule has 3 fully saturated rings. The molecule has 0 spiro atoms. The normalized spacial score (nSPS) is 19.5. The van der Waals surface area contributed by atoms with Gasteiger partial charge in [0.25, 0.3) is 0 Å². The maximum atomic E-state index is 16.0. The van der Waals surface area contributed by atoms with E-state index in [1.165, 1.54) is 20.3 Å². The summed E-state index contributed by atoms with van der Waals surface area (Å²) in [6.07, 6.45) is 4.70. The van der Waals surface area contributed by atoms with Gasteiger partial charge in [-0.1, -0.05) is 44.2 Å². The SMILES string of the molecule is COC(=O)N[C@H](C(=O)N1CCC[C@H]1c1nc2c(ccc3cc(-c4ccc(-c5cnc([C@@H]6CCCN6C(=O)[C@@H](NC(=O)OC)C6CCOCC6)[nH]5)cc4F)ccc32)[nH]1)C(C)C. The molecule has 0 saturated carbocycles. The number of carbonyl (C=O) groups excluding carboxylic acids is 4. The Labute approximate surface area is 346 Å². The van der Waals surface area contributed by atoms with Gasteiger partial charge in [-0.05, 0) is 79.5 Å². The molecule has 0 bridgehead atoms. The number of imidazole rings is 2. The number of hydrogen-bond acceptors (Lipinski definition) is 9. The number of likely N-dealkylation sites (tertiary alicyclic amines) is 2. The number of carbonyl (C=O) groups is 4. The number of fused-ring (bicyclic) bond motifs is 3. The van der Waals surface area contributed by atoms with Gasteiger partial charge in [0.15, 0.2) is 0 Å². The summed E-state index contributed by atoms with van der Waals surface area (Å²) in [4.78, 5) is 71.9. The molecule has 8 rings (SSSR count). The smallest absolute Gasteiger partial charge is 0.407 e. The minimum absolute atomic E-state index is 0.0727. The van der Waals surface area contributed by atoms with Crippen molar-refractivity contribution in [3.05, 3.63) is 72.2 Å². The topological polar surface area (TPSA) is 184 Å². The fraction of sp³-hybridized carbons (Fsp3) is 0.455. The molecule has 5 aromatic rings. The highest BCUT2D eigenvalue weighted by atomic mass is 19.1. The van der Waals surface area contributed by atoms with Gasteiger partial charge in [0.1, 0.15) is 29.5 Å². The van der Waals surface area contributed by atoms with Gasteiger partial charge in [0.05, 0.1) is 49.2 Å². The third-order valence-electron chi connectivity index (χ3n) is 12.2. The van der Waals surface area contributed by atoms with Crippen LogP contribution in [-0.2, 0) is 23.8 Å². The van der Waals surface area contributed by atoms with Crippen LogP contribution >= 0.6 is 0 Å². The Kier molecular flexibility index (Phi) is 11.7. The Morgan fingerprint density at radius 2 is 1.50 bits per heavy atom. The van der Waals surface area contributed by atoms with E-state index in [4.69, 9.17) is 19.2 Å². The van der Waals surface area contributed by atoms with Crippen molar-refractivity contribution < 1.29 is 37.8 Å². The number of nitrogens with zero attached hydrogens (tertiary/aromatic N) is 4. The lowest BCUT2D eigenvalue weighted by molar-refractivity contribution is -0.137. The highest BCUT2D eigenvalue weighted by Crippen LogP contribution is 2.37. The van der Waals surface area contributed by atoms with Crippen LogP contribution in [0.3, 0.4) is 0 Å². The number of ether oxygens (including phenoxy) is 3. The van der Waals surface area contributed by atoms with Gasteiger partial charge in [-0.25, -0.2) is 23.9 Å². The van der Waals surface area contributed by atoms with Gasteiger partial charge in [-0.3, -0.25) is 9.59 Å². The van der Waals surface area contributed by atoms with Crippen LogP contribution in [-0.4, -0.2) is 106 Å². The second-order valence-corrected chi connectivity index (χ2v) is 16.2. The van der Waals surface area contributed by atoms with E-state index in [1.54, 1.807) is 22.1 Å². The van der Waals surface area contributed by atoms with Crippen LogP contribution in [0, 0.1) is 17.7 Å². The fourth-order valence-corrected chi connectivity index (χ4v) is 9.02. The summed E-state index contributed by atoms with van der Waals surface area (Å²) >= 11 is 0.